The molecule has 0 aliphatic carbocycles. The van der Waals surface area contributed by atoms with Crippen molar-refractivity contribution in [2.45, 2.75) is 26.4 Å². The first-order chi connectivity index (χ1) is 9.35. The SMILES string of the molecule is [Br-].[CH2-]c1cccc(N2CCN(C(=O)OC(C)(C)C)CC2)c1.[Zn+2]. The summed E-state index contributed by atoms with van der Waals surface area (Å²) < 4.78 is 5.40. The second-order valence-electron chi connectivity index (χ2n) is 6.12. The van der Waals surface area contributed by atoms with Crippen LogP contribution >= 0.6 is 0 Å². The van der Waals surface area contributed by atoms with Crippen LogP contribution in [0.2, 0.25) is 0 Å². The van der Waals surface area contributed by atoms with E-state index in [0.717, 1.165) is 18.7 Å². The maximum atomic E-state index is 12.0. The summed E-state index contributed by atoms with van der Waals surface area (Å²) in [6.07, 6.45) is -0.219. The predicted molar refractivity (Wildman–Crippen MR) is 80.9 cm³/mol. The molecule has 1 fully saturated rings. The van der Waals surface area contributed by atoms with Crippen molar-refractivity contribution in [3.8, 4) is 0 Å². The van der Waals surface area contributed by atoms with Crippen LogP contribution in [0.15, 0.2) is 24.3 Å². The van der Waals surface area contributed by atoms with Gasteiger partial charge in [0.2, 0.25) is 0 Å². The summed E-state index contributed by atoms with van der Waals surface area (Å²) in [5, 5.41) is 0. The predicted octanol–water partition coefficient (Wildman–Crippen LogP) is -0.0726. The number of nitrogens with zero attached hydrogens (tertiary/aromatic N) is 2. The minimum Gasteiger partial charge on any atom is -1.00 e. The van der Waals surface area contributed by atoms with Gasteiger partial charge in [0.05, 0.1) is 0 Å². The molecule has 22 heavy (non-hydrogen) atoms. The molecule has 4 nitrogen and oxygen atoms in total. The standard InChI is InChI=1S/C16H23N2O2.BrH.Zn/c1-13-6-5-7-14(12-13)17-8-10-18(11-9-17)15(19)20-16(2,3)4;;/h5-7,12H,1,8-11H2,2-4H3;1H;/q-1;;+2/p-1. The molecule has 0 saturated carbocycles. The first-order valence-corrected chi connectivity index (χ1v) is 7.00. The molecule has 1 aromatic rings. The third-order valence-corrected chi connectivity index (χ3v) is 3.21. The quantitative estimate of drug-likeness (QED) is 0.471. The fraction of sp³-hybridized carbons (Fsp3) is 0.500. The second-order valence-corrected chi connectivity index (χ2v) is 6.12. The minimum atomic E-state index is -0.434. The number of hydrogen-bond donors (Lipinski definition) is 0. The Bertz CT molecular complexity index is 483. The molecule has 1 saturated heterocycles. The third kappa shape index (κ3) is 6.17. The van der Waals surface area contributed by atoms with Crippen molar-refractivity contribution in [1.29, 1.82) is 0 Å². The van der Waals surface area contributed by atoms with E-state index in [-0.39, 0.29) is 42.6 Å². The molecule has 0 bridgehead atoms. The van der Waals surface area contributed by atoms with Crippen molar-refractivity contribution in [3.05, 3.63) is 36.8 Å². The fourth-order valence-electron chi connectivity index (χ4n) is 2.23. The van der Waals surface area contributed by atoms with Crippen LogP contribution in [0.3, 0.4) is 0 Å². The number of halogens is 1. The molecule has 0 atom stereocenters. The Kier molecular flexibility index (Phi) is 8.49. The summed E-state index contributed by atoms with van der Waals surface area (Å²) in [7, 11) is 0. The first kappa shape index (κ1) is 21.3. The van der Waals surface area contributed by atoms with Crippen molar-refractivity contribution in [1.82, 2.24) is 4.90 Å². The van der Waals surface area contributed by atoms with Crippen LogP contribution in [0.25, 0.3) is 0 Å². The molecular weight excluding hydrogens is 397 g/mol. The van der Waals surface area contributed by atoms with E-state index in [9.17, 15) is 4.79 Å². The molecule has 118 valence electrons. The van der Waals surface area contributed by atoms with E-state index < -0.39 is 5.60 Å². The Balaban J connectivity index is 0.00000220. The van der Waals surface area contributed by atoms with E-state index >= 15 is 0 Å². The zero-order valence-corrected chi connectivity index (χ0v) is 18.2. The summed E-state index contributed by atoms with van der Waals surface area (Å²) in [5.41, 5.74) is 1.74. The van der Waals surface area contributed by atoms with Crippen molar-refractivity contribution < 1.29 is 46.0 Å². The molecule has 1 heterocycles. The molecule has 0 radical (unpaired) electrons. The van der Waals surface area contributed by atoms with Gasteiger partial charge in [-0.15, -0.1) is 12.1 Å². The van der Waals surface area contributed by atoms with E-state index in [1.165, 1.54) is 5.69 Å². The Labute approximate surface area is 156 Å². The number of benzene rings is 1. The normalized spacial score (nSPS) is 14.7. The van der Waals surface area contributed by atoms with Crippen LogP contribution < -0.4 is 21.9 Å². The third-order valence-electron chi connectivity index (χ3n) is 3.21. The van der Waals surface area contributed by atoms with E-state index in [4.69, 9.17) is 4.74 Å². The summed E-state index contributed by atoms with van der Waals surface area (Å²) in [5.74, 6) is 0. The topological polar surface area (TPSA) is 32.8 Å². The zero-order valence-electron chi connectivity index (χ0n) is 13.6. The summed E-state index contributed by atoms with van der Waals surface area (Å²) in [6, 6.07) is 8.15. The van der Waals surface area contributed by atoms with Gasteiger partial charge in [-0.3, -0.25) is 0 Å². The van der Waals surface area contributed by atoms with Gasteiger partial charge in [-0.05, 0) is 26.5 Å². The molecule has 0 aromatic heterocycles. The Morgan fingerprint density at radius 2 is 1.77 bits per heavy atom. The second kappa shape index (κ2) is 8.78. The molecule has 0 N–H and O–H groups in total. The van der Waals surface area contributed by atoms with E-state index in [0.29, 0.717) is 13.1 Å². The largest absolute Gasteiger partial charge is 2.00 e. The van der Waals surface area contributed by atoms with Crippen molar-refractivity contribution in [3.63, 3.8) is 0 Å². The van der Waals surface area contributed by atoms with Crippen molar-refractivity contribution >= 4 is 11.8 Å². The van der Waals surface area contributed by atoms with Gasteiger partial charge in [-0.1, -0.05) is 6.07 Å². The number of hydrogen-bond acceptors (Lipinski definition) is 3. The Morgan fingerprint density at radius 3 is 2.27 bits per heavy atom. The number of amides is 1. The van der Waals surface area contributed by atoms with Gasteiger partial charge >= 0.3 is 25.6 Å². The van der Waals surface area contributed by atoms with Crippen LogP contribution in [0.1, 0.15) is 26.3 Å². The molecule has 1 aliphatic heterocycles. The van der Waals surface area contributed by atoms with Crippen LogP contribution in [-0.2, 0) is 24.2 Å². The molecule has 1 aromatic carbocycles. The van der Waals surface area contributed by atoms with Crippen molar-refractivity contribution in [2.75, 3.05) is 31.1 Å². The van der Waals surface area contributed by atoms with Gasteiger partial charge in [-0.25, -0.2) is 4.79 Å². The summed E-state index contributed by atoms with van der Waals surface area (Å²) in [6.45, 7) is 12.6. The zero-order chi connectivity index (χ0) is 14.8. The first-order valence-electron chi connectivity index (χ1n) is 7.00. The van der Waals surface area contributed by atoms with Crippen LogP contribution in [-0.4, -0.2) is 42.8 Å². The number of carbonyl (C=O) groups is 1. The molecule has 1 amide bonds. The molecule has 1 aliphatic rings. The van der Waals surface area contributed by atoms with Gasteiger partial charge in [0.25, 0.3) is 0 Å². The van der Waals surface area contributed by atoms with E-state index in [1.807, 2.05) is 32.9 Å². The van der Waals surface area contributed by atoms with Gasteiger partial charge in [0, 0.05) is 26.2 Å². The average Bonchev–Trinajstić information content (AvgIpc) is 2.37. The Morgan fingerprint density at radius 1 is 1.18 bits per heavy atom. The number of ether oxygens (including phenoxy) is 1. The van der Waals surface area contributed by atoms with Gasteiger partial charge in [0.1, 0.15) is 5.60 Å². The van der Waals surface area contributed by atoms with Crippen LogP contribution in [0.5, 0.6) is 0 Å². The monoisotopic (exact) mass is 418 g/mol. The molecule has 6 heteroatoms. The number of carbonyl (C=O) groups excluding carboxylic acids is 1. The molecule has 0 unspecified atom stereocenters. The van der Waals surface area contributed by atoms with Crippen LogP contribution in [0, 0.1) is 6.92 Å². The van der Waals surface area contributed by atoms with Crippen LogP contribution in [0.4, 0.5) is 10.5 Å². The van der Waals surface area contributed by atoms with Gasteiger partial charge in [-0.2, -0.15) is 18.6 Å². The smallest absolute Gasteiger partial charge is 1.00 e. The van der Waals surface area contributed by atoms with Gasteiger partial charge < -0.3 is 31.5 Å². The molecular formula is C16H23BrN2O2Zn. The Hall–Kier alpha value is -0.737. The number of piperazine rings is 1. The van der Waals surface area contributed by atoms with Gasteiger partial charge in [0.15, 0.2) is 0 Å². The maximum absolute atomic E-state index is 12.0. The summed E-state index contributed by atoms with van der Waals surface area (Å²) >= 11 is 0. The maximum Gasteiger partial charge on any atom is 2.00 e. The van der Waals surface area contributed by atoms with E-state index in [2.05, 4.69) is 24.0 Å². The summed E-state index contributed by atoms with van der Waals surface area (Å²) in [4.78, 5) is 16.0. The fourth-order valence-corrected chi connectivity index (χ4v) is 2.23. The average molecular weight is 421 g/mol. The number of rotatable bonds is 1. The molecule has 0 spiro atoms. The van der Waals surface area contributed by atoms with Crippen molar-refractivity contribution in [2.24, 2.45) is 0 Å². The van der Waals surface area contributed by atoms with E-state index in [1.54, 1.807) is 4.90 Å². The molecule has 2 rings (SSSR count). The minimum absolute atomic E-state index is 0. The number of anilines is 1.